The zero-order chi connectivity index (χ0) is 44.3. The van der Waals surface area contributed by atoms with Gasteiger partial charge in [-0.25, -0.2) is 4.79 Å². The van der Waals surface area contributed by atoms with Gasteiger partial charge in [0.25, 0.3) is 11.8 Å². The molecule has 2 unspecified atom stereocenters. The number of nitrogens with zero attached hydrogens (tertiary/aromatic N) is 1. The molecule has 1 saturated heterocycles. The number of hydrogen-bond donors (Lipinski definition) is 3. The first-order valence-corrected chi connectivity index (χ1v) is 20.0. The number of carboxylic acids is 1. The quantitative estimate of drug-likeness (QED) is 0.0573. The van der Waals surface area contributed by atoms with Crippen molar-refractivity contribution >= 4 is 52.9 Å². The van der Waals surface area contributed by atoms with Gasteiger partial charge >= 0.3 is 11.9 Å². The Kier molecular flexibility index (Phi) is 17.9. The lowest BCUT2D eigenvalue weighted by Crippen LogP contribution is -2.45. The van der Waals surface area contributed by atoms with E-state index in [0.29, 0.717) is 58.6 Å². The van der Waals surface area contributed by atoms with Gasteiger partial charge in [0, 0.05) is 68.2 Å². The normalized spacial score (nSPS) is 12.9. The third kappa shape index (κ3) is 15.2. The molecule has 0 saturated carbocycles. The van der Waals surface area contributed by atoms with Crippen LogP contribution in [0, 0.1) is 0 Å². The Morgan fingerprint density at radius 2 is 0.951 bits per heavy atom. The summed E-state index contributed by atoms with van der Waals surface area (Å²) in [5.74, 6) is -3.90. The molecular weight excluding hydrogens is 783 g/mol. The molecule has 318 valence electrons. The van der Waals surface area contributed by atoms with Crippen molar-refractivity contribution in [2.24, 2.45) is 0 Å². The Morgan fingerprint density at radius 1 is 0.557 bits per heavy atom. The van der Waals surface area contributed by atoms with Gasteiger partial charge in [-0.1, -0.05) is 122 Å². The molecule has 2 atom stereocenters. The molecular formula is C47H49N3O11. The lowest BCUT2D eigenvalue weighted by molar-refractivity contribution is -0.199. The van der Waals surface area contributed by atoms with Crippen molar-refractivity contribution in [2.75, 3.05) is 0 Å². The third-order valence-corrected chi connectivity index (χ3v) is 9.56. The molecule has 1 heterocycles. The van der Waals surface area contributed by atoms with Gasteiger partial charge in [-0.3, -0.25) is 38.4 Å². The number of carboxylic acid groups (broad SMARTS) is 1. The minimum Gasteiger partial charge on any atom is -0.481 e. The maximum atomic E-state index is 12.6. The first-order valence-electron chi connectivity index (χ1n) is 20.0. The van der Waals surface area contributed by atoms with Crippen molar-refractivity contribution < 1.29 is 53.1 Å². The number of benzene rings is 4. The number of aliphatic carboxylic acids is 1. The van der Waals surface area contributed by atoms with E-state index in [0.717, 1.165) is 18.4 Å². The van der Waals surface area contributed by atoms with Crippen LogP contribution in [0.2, 0.25) is 0 Å². The Hall–Kier alpha value is -7.09. The average molecular weight is 832 g/mol. The highest BCUT2D eigenvalue weighted by Crippen LogP contribution is 2.17. The molecule has 0 aliphatic carbocycles. The second-order valence-corrected chi connectivity index (χ2v) is 14.5. The van der Waals surface area contributed by atoms with Crippen molar-refractivity contribution in [2.45, 2.75) is 90.1 Å². The van der Waals surface area contributed by atoms with Crippen LogP contribution in [0.3, 0.4) is 0 Å². The average Bonchev–Trinajstić information content (AvgIpc) is 3.57. The van der Waals surface area contributed by atoms with E-state index in [4.69, 9.17) is 9.94 Å². The molecule has 14 nitrogen and oxygen atoms in total. The van der Waals surface area contributed by atoms with E-state index < -0.39 is 41.7 Å². The number of rotatable bonds is 20. The Labute approximate surface area is 353 Å². The summed E-state index contributed by atoms with van der Waals surface area (Å²) >= 11 is 0. The predicted molar refractivity (Wildman–Crippen MR) is 223 cm³/mol. The van der Waals surface area contributed by atoms with Crippen LogP contribution in [0.15, 0.2) is 109 Å². The monoisotopic (exact) mass is 831 g/mol. The van der Waals surface area contributed by atoms with Crippen molar-refractivity contribution in [3.8, 4) is 0 Å². The number of imide groups is 1. The summed E-state index contributed by atoms with van der Waals surface area (Å²) in [7, 11) is 0. The first kappa shape index (κ1) is 46.6. The molecule has 0 radical (unpaired) electrons. The number of unbranched alkanes of at least 4 members (excludes halogenated alkanes) is 3. The standard InChI is InChI=1S/C25H29NO5.C22H20N2O6/c1-18(27)26-22(23(28)11-7-2-3-8-12-24(29)30)17-19-13-15-21(16-14-19)25(31)20-9-5-4-6-10-20;1-14(25)23-18(22(29)30-24-19(26)11-12-20(24)27)13-15-7-9-17(10-8-15)21(28)16-5-3-2-4-6-16/h4-6,9-10,13-16,22H,2-3,7-8,11-12,17H2,1H3,(H,26,27)(H,29,30);2-10,18H,11-13H2,1H3,(H,23,25). The minimum absolute atomic E-state index is 0.0200. The summed E-state index contributed by atoms with van der Waals surface area (Å²) in [6.07, 6.45) is 3.68. The predicted octanol–water partition coefficient (Wildman–Crippen LogP) is 5.53. The van der Waals surface area contributed by atoms with Crippen LogP contribution in [0.25, 0.3) is 0 Å². The Balaban J connectivity index is 0.000000269. The van der Waals surface area contributed by atoms with Gasteiger partial charge in [0.05, 0.1) is 6.04 Å². The maximum absolute atomic E-state index is 12.6. The highest BCUT2D eigenvalue weighted by Gasteiger charge is 2.35. The van der Waals surface area contributed by atoms with Gasteiger partial charge in [0.2, 0.25) is 11.8 Å². The topological polar surface area (TPSA) is 210 Å². The highest BCUT2D eigenvalue weighted by molar-refractivity contribution is 6.09. The van der Waals surface area contributed by atoms with Crippen LogP contribution in [0.5, 0.6) is 0 Å². The van der Waals surface area contributed by atoms with Crippen LogP contribution in [-0.2, 0) is 51.2 Å². The van der Waals surface area contributed by atoms with E-state index in [-0.39, 0.29) is 48.9 Å². The second-order valence-electron chi connectivity index (χ2n) is 14.5. The van der Waals surface area contributed by atoms with Gasteiger partial charge in [-0.05, 0) is 30.4 Å². The van der Waals surface area contributed by atoms with E-state index in [1.165, 1.54) is 13.8 Å². The summed E-state index contributed by atoms with van der Waals surface area (Å²) in [5, 5.41) is 14.3. The molecule has 5 rings (SSSR count). The Morgan fingerprint density at radius 3 is 1.38 bits per heavy atom. The molecule has 4 aromatic rings. The van der Waals surface area contributed by atoms with Gasteiger partial charge in [-0.15, -0.1) is 5.06 Å². The van der Waals surface area contributed by atoms with E-state index >= 15 is 0 Å². The lowest BCUT2D eigenvalue weighted by Gasteiger charge is -2.19. The van der Waals surface area contributed by atoms with Crippen molar-refractivity contribution in [3.05, 3.63) is 143 Å². The number of nitrogens with one attached hydrogen (secondary N) is 2. The molecule has 3 N–H and O–H groups in total. The summed E-state index contributed by atoms with van der Waals surface area (Å²) in [6.45, 7) is 2.63. The highest BCUT2D eigenvalue weighted by atomic mass is 16.7. The van der Waals surface area contributed by atoms with Gasteiger partial charge in [0.1, 0.15) is 6.04 Å². The van der Waals surface area contributed by atoms with Crippen LogP contribution in [-0.4, -0.2) is 75.2 Å². The van der Waals surface area contributed by atoms with Crippen LogP contribution in [0.4, 0.5) is 0 Å². The maximum Gasteiger partial charge on any atom is 0.355 e. The number of hydroxylamine groups is 2. The fourth-order valence-corrected chi connectivity index (χ4v) is 6.41. The molecule has 0 aromatic heterocycles. The second kappa shape index (κ2) is 23.5. The summed E-state index contributed by atoms with van der Waals surface area (Å²) < 4.78 is 0. The molecule has 14 heteroatoms. The summed E-state index contributed by atoms with van der Waals surface area (Å²) in [4.78, 5) is 112. The molecule has 1 fully saturated rings. The number of ketones is 3. The Bertz CT molecular complexity index is 2170. The fraction of sp³-hybridized carbons (Fsp3) is 0.298. The van der Waals surface area contributed by atoms with E-state index in [9.17, 15) is 43.2 Å². The van der Waals surface area contributed by atoms with Crippen LogP contribution >= 0.6 is 0 Å². The first-order chi connectivity index (χ1) is 29.2. The molecule has 0 spiro atoms. The molecule has 4 amide bonds. The smallest absolute Gasteiger partial charge is 0.355 e. The zero-order valence-electron chi connectivity index (χ0n) is 34.1. The van der Waals surface area contributed by atoms with Gasteiger partial charge < -0.3 is 20.6 Å². The number of hydrogen-bond acceptors (Lipinski definition) is 10. The number of carbonyl (C=O) groups is 9. The fourth-order valence-electron chi connectivity index (χ4n) is 6.41. The van der Waals surface area contributed by atoms with Gasteiger partial charge in [-0.2, -0.15) is 0 Å². The molecule has 0 bridgehead atoms. The number of Topliss-reactive ketones (excluding diaryl/α,β-unsaturated/α-hetero) is 1. The summed E-state index contributed by atoms with van der Waals surface area (Å²) in [5.41, 5.74) is 3.75. The third-order valence-electron chi connectivity index (χ3n) is 9.56. The van der Waals surface area contributed by atoms with Crippen molar-refractivity contribution in [1.29, 1.82) is 0 Å². The van der Waals surface area contributed by atoms with Crippen LogP contribution < -0.4 is 10.6 Å². The minimum atomic E-state index is -1.10. The largest absolute Gasteiger partial charge is 0.481 e. The van der Waals surface area contributed by atoms with E-state index in [1.54, 1.807) is 72.8 Å². The molecule has 1 aliphatic heterocycles. The van der Waals surface area contributed by atoms with E-state index in [1.807, 2.05) is 36.4 Å². The number of carbonyl (C=O) groups excluding carboxylic acids is 8. The van der Waals surface area contributed by atoms with Crippen molar-refractivity contribution in [3.63, 3.8) is 0 Å². The molecule has 1 aliphatic rings. The number of amides is 4. The van der Waals surface area contributed by atoms with Crippen molar-refractivity contribution in [1.82, 2.24) is 15.7 Å². The van der Waals surface area contributed by atoms with E-state index in [2.05, 4.69) is 10.6 Å². The van der Waals surface area contributed by atoms with Gasteiger partial charge in [0.15, 0.2) is 17.3 Å². The molecule has 61 heavy (non-hydrogen) atoms. The molecule has 4 aromatic carbocycles. The SMILES string of the molecule is CC(=O)NC(Cc1ccc(C(=O)c2ccccc2)cc1)C(=O)CCCCCCC(=O)O.CC(=O)NC(Cc1ccc(C(=O)c2ccccc2)cc1)C(=O)ON1C(=O)CCC1=O. The zero-order valence-corrected chi connectivity index (χ0v) is 34.1. The van der Waals surface area contributed by atoms with Crippen LogP contribution in [0.1, 0.15) is 108 Å². The lowest BCUT2D eigenvalue weighted by atomic mass is 9.96. The summed E-state index contributed by atoms with van der Waals surface area (Å²) in [6, 6.07) is 29.8.